The molecule has 4 nitrogen and oxygen atoms in total. The molecule has 0 atom stereocenters. The van der Waals surface area contributed by atoms with Gasteiger partial charge in [0.1, 0.15) is 11.5 Å². The summed E-state index contributed by atoms with van der Waals surface area (Å²) in [4.78, 5) is 19.3. The Bertz CT molecular complexity index is 1210. The van der Waals surface area contributed by atoms with E-state index in [9.17, 15) is 4.79 Å². The van der Waals surface area contributed by atoms with Crippen molar-refractivity contribution in [1.29, 1.82) is 0 Å². The van der Waals surface area contributed by atoms with Gasteiger partial charge in [0.25, 0.3) is 0 Å². The number of fused-ring (bicyclic) bond motifs is 5. The summed E-state index contributed by atoms with van der Waals surface area (Å²) in [6.45, 7) is 1.36. The number of nitrogens with zero attached hydrogens (tertiary/aromatic N) is 1. The zero-order valence-electron chi connectivity index (χ0n) is 15.9. The highest BCUT2D eigenvalue weighted by atomic mass is 16.5. The number of carbonyl (C=O) groups excluding carboxylic acids is 1. The van der Waals surface area contributed by atoms with E-state index in [1.54, 1.807) is 0 Å². The van der Waals surface area contributed by atoms with Gasteiger partial charge in [-0.15, -0.1) is 0 Å². The number of H-pyrrole nitrogens is 1. The lowest BCUT2D eigenvalue weighted by atomic mass is 9.86. The molecule has 0 aliphatic carbocycles. The average molecular weight is 380 g/mol. The highest BCUT2D eigenvalue weighted by molar-refractivity contribution is 5.91. The lowest BCUT2D eigenvalue weighted by Gasteiger charge is -2.34. The monoisotopic (exact) mass is 380 g/mol. The number of amides is 1. The zero-order chi connectivity index (χ0) is 19.4. The Kier molecular flexibility index (Phi) is 3.54. The third kappa shape index (κ3) is 2.49. The number of benzene rings is 3. The van der Waals surface area contributed by atoms with Gasteiger partial charge in [0, 0.05) is 52.8 Å². The molecule has 2 aliphatic heterocycles. The molecule has 0 unspecified atom stereocenters. The Morgan fingerprint density at radius 3 is 2.31 bits per heavy atom. The van der Waals surface area contributed by atoms with Crippen molar-refractivity contribution in [1.82, 2.24) is 9.88 Å². The highest BCUT2D eigenvalue weighted by Crippen LogP contribution is 2.45. The van der Waals surface area contributed by atoms with E-state index in [0.29, 0.717) is 6.54 Å². The standard InChI is InChI=1S/C25H20N2O2/c28-25(27-14-13-21-19(15-27)16-7-1-4-10-20(16)26-21)24-17-8-2-5-11-22(17)29-23-12-6-3-9-18(23)24/h1-12,24,26H,13-15H2. The van der Waals surface area contributed by atoms with Crippen molar-refractivity contribution >= 4 is 16.8 Å². The van der Waals surface area contributed by atoms with Crippen LogP contribution < -0.4 is 4.74 Å². The second-order valence-electron chi connectivity index (χ2n) is 7.75. The van der Waals surface area contributed by atoms with Crippen molar-refractivity contribution in [2.75, 3.05) is 6.54 Å². The molecule has 3 aromatic carbocycles. The molecular weight excluding hydrogens is 360 g/mol. The van der Waals surface area contributed by atoms with Gasteiger partial charge in [-0.3, -0.25) is 4.79 Å². The van der Waals surface area contributed by atoms with E-state index in [1.807, 2.05) is 59.5 Å². The van der Waals surface area contributed by atoms with Crippen LogP contribution in [0.5, 0.6) is 11.5 Å². The summed E-state index contributed by atoms with van der Waals surface area (Å²) in [7, 11) is 0. The third-order valence-corrected chi connectivity index (χ3v) is 6.12. The first kappa shape index (κ1) is 16.4. The molecule has 0 saturated carbocycles. The maximum absolute atomic E-state index is 13.8. The SMILES string of the molecule is O=C(C1c2ccccc2Oc2ccccc21)N1CCc2[nH]c3ccccc3c2C1. The fourth-order valence-electron chi connectivity index (χ4n) is 4.71. The molecule has 1 amide bonds. The van der Waals surface area contributed by atoms with E-state index >= 15 is 0 Å². The van der Waals surface area contributed by atoms with Crippen LogP contribution in [0.4, 0.5) is 0 Å². The smallest absolute Gasteiger partial charge is 0.235 e. The molecule has 0 spiro atoms. The summed E-state index contributed by atoms with van der Waals surface area (Å²) in [5.74, 6) is 1.36. The largest absolute Gasteiger partial charge is 0.457 e. The minimum absolute atomic E-state index is 0.143. The fourth-order valence-corrected chi connectivity index (χ4v) is 4.71. The number of hydrogen-bond donors (Lipinski definition) is 1. The van der Waals surface area contributed by atoms with E-state index < -0.39 is 0 Å². The highest BCUT2D eigenvalue weighted by Gasteiger charge is 2.36. The molecule has 142 valence electrons. The van der Waals surface area contributed by atoms with Crippen LogP contribution >= 0.6 is 0 Å². The van der Waals surface area contributed by atoms with Crippen LogP contribution in [-0.2, 0) is 17.8 Å². The number of ether oxygens (including phenoxy) is 1. The van der Waals surface area contributed by atoms with Gasteiger partial charge in [0.05, 0.1) is 5.92 Å². The van der Waals surface area contributed by atoms with Crippen LogP contribution in [0.3, 0.4) is 0 Å². The number of hydrogen-bond acceptors (Lipinski definition) is 2. The number of rotatable bonds is 1. The van der Waals surface area contributed by atoms with Gasteiger partial charge in [0.2, 0.25) is 5.91 Å². The van der Waals surface area contributed by atoms with E-state index in [0.717, 1.165) is 41.1 Å². The molecule has 1 N–H and O–H groups in total. The van der Waals surface area contributed by atoms with Gasteiger partial charge in [-0.05, 0) is 18.2 Å². The molecule has 0 bridgehead atoms. The minimum Gasteiger partial charge on any atom is -0.457 e. The molecule has 3 heterocycles. The first-order valence-electron chi connectivity index (χ1n) is 10.0. The van der Waals surface area contributed by atoms with Crippen molar-refractivity contribution in [2.24, 2.45) is 0 Å². The van der Waals surface area contributed by atoms with E-state index in [2.05, 4.69) is 23.2 Å². The summed E-state index contributed by atoms with van der Waals surface area (Å²) >= 11 is 0. The van der Waals surface area contributed by atoms with Crippen molar-refractivity contribution < 1.29 is 9.53 Å². The molecule has 4 heteroatoms. The Morgan fingerprint density at radius 1 is 0.897 bits per heavy atom. The topological polar surface area (TPSA) is 45.3 Å². The fraction of sp³-hybridized carbons (Fsp3) is 0.160. The van der Waals surface area contributed by atoms with Gasteiger partial charge in [-0.2, -0.15) is 0 Å². The number of carbonyl (C=O) groups is 1. The van der Waals surface area contributed by atoms with Crippen LogP contribution in [0.25, 0.3) is 10.9 Å². The number of aromatic amines is 1. The van der Waals surface area contributed by atoms with Crippen molar-refractivity contribution in [2.45, 2.75) is 18.9 Å². The maximum Gasteiger partial charge on any atom is 0.235 e. The number of nitrogens with one attached hydrogen (secondary N) is 1. The molecule has 29 heavy (non-hydrogen) atoms. The zero-order valence-corrected chi connectivity index (χ0v) is 15.9. The molecule has 1 aromatic heterocycles. The van der Waals surface area contributed by atoms with Crippen molar-refractivity contribution in [3.8, 4) is 11.5 Å². The molecule has 0 fully saturated rings. The second-order valence-corrected chi connectivity index (χ2v) is 7.75. The molecule has 4 aromatic rings. The minimum atomic E-state index is -0.331. The van der Waals surface area contributed by atoms with Crippen LogP contribution in [0.2, 0.25) is 0 Å². The maximum atomic E-state index is 13.8. The van der Waals surface area contributed by atoms with Crippen molar-refractivity contribution in [3.05, 3.63) is 95.2 Å². The molecular formula is C25H20N2O2. The summed E-state index contributed by atoms with van der Waals surface area (Å²) in [6.07, 6.45) is 0.849. The molecule has 0 radical (unpaired) electrons. The van der Waals surface area contributed by atoms with Gasteiger partial charge >= 0.3 is 0 Å². The Hall–Kier alpha value is -3.53. The average Bonchev–Trinajstić information content (AvgIpc) is 3.15. The predicted molar refractivity (Wildman–Crippen MR) is 112 cm³/mol. The Morgan fingerprint density at radius 2 is 1.55 bits per heavy atom. The first-order valence-corrected chi connectivity index (χ1v) is 10.0. The summed E-state index contributed by atoms with van der Waals surface area (Å²) in [5, 5.41) is 1.22. The van der Waals surface area contributed by atoms with Gasteiger partial charge in [-0.1, -0.05) is 54.6 Å². The van der Waals surface area contributed by atoms with Crippen LogP contribution in [0, 0.1) is 0 Å². The predicted octanol–water partition coefficient (Wildman–Crippen LogP) is 4.99. The lowest BCUT2D eigenvalue weighted by molar-refractivity contribution is -0.132. The van der Waals surface area contributed by atoms with Crippen LogP contribution in [0.15, 0.2) is 72.8 Å². The molecule has 6 rings (SSSR count). The summed E-state index contributed by atoms with van der Waals surface area (Å²) in [5.41, 5.74) is 5.53. The first-order chi connectivity index (χ1) is 14.3. The Balaban J connectivity index is 1.41. The quantitative estimate of drug-likeness (QED) is 0.506. The van der Waals surface area contributed by atoms with Crippen LogP contribution in [0.1, 0.15) is 28.3 Å². The number of aromatic nitrogens is 1. The summed E-state index contributed by atoms with van der Waals surface area (Å²) < 4.78 is 6.07. The van der Waals surface area contributed by atoms with Gasteiger partial charge < -0.3 is 14.6 Å². The summed E-state index contributed by atoms with van der Waals surface area (Å²) in [6, 6.07) is 24.1. The van der Waals surface area contributed by atoms with E-state index in [1.165, 1.54) is 16.6 Å². The van der Waals surface area contributed by atoms with Crippen molar-refractivity contribution in [3.63, 3.8) is 0 Å². The number of para-hydroxylation sites is 3. The van der Waals surface area contributed by atoms with Gasteiger partial charge in [0.15, 0.2) is 0 Å². The Labute approximate surface area is 168 Å². The third-order valence-electron chi connectivity index (χ3n) is 6.12. The lowest BCUT2D eigenvalue weighted by Crippen LogP contribution is -2.39. The van der Waals surface area contributed by atoms with Gasteiger partial charge in [-0.25, -0.2) is 0 Å². The van der Waals surface area contributed by atoms with E-state index in [4.69, 9.17) is 4.74 Å². The molecule has 2 aliphatic rings. The normalized spacial score (nSPS) is 15.4. The molecule has 0 saturated heterocycles. The van der Waals surface area contributed by atoms with Crippen LogP contribution in [-0.4, -0.2) is 22.3 Å². The van der Waals surface area contributed by atoms with E-state index in [-0.39, 0.29) is 11.8 Å². The second kappa shape index (κ2) is 6.24.